The van der Waals surface area contributed by atoms with E-state index in [1.807, 2.05) is 6.92 Å². The second-order valence-corrected chi connectivity index (χ2v) is 4.08. The molecule has 1 aromatic rings. The Morgan fingerprint density at radius 2 is 2.18 bits per heavy atom. The van der Waals surface area contributed by atoms with E-state index in [1.54, 1.807) is 0 Å². The summed E-state index contributed by atoms with van der Waals surface area (Å²) >= 11 is 0. The summed E-state index contributed by atoms with van der Waals surface area (Å²) in [4.78, 5) is 11.6. The Morgan fingerprint density at radius 3 is 2.88 bits per heavy atom. The van der Waals surface area contributed by atoms with Gasteiger partial charge in [-0.2, -0.15) is 0 Å². The summed E-state index contributed by atoms with van der Waals surface area (Å²) in [6.07, 6.45) is 1.91. The first kappa shape index (κ1) is 12.0. The van der Waals surface area contributed by atoms with E-state index in [4.69, 9.17) is 0 Å². The van der Waals surface area contributed by atoms with E-state index < -0.39 is 17.7 Å². The van der Waals surface area contributed by atoms with Crippen LogP contribution in [0.4, 0.5) is 14.5 Å². The predicted octanol–water partition coefficient (Wildman–Crippen LogP) is 2.35. The number of rotatable bonds is 4. The van der Waals surface area contributed by atoms with Gasteiger partial charge in [0.2, 0.25) is 5.91 Å². The van der Waals surface area contributed by atoms with Gasteiger partial charge in [0.1, 0.15) is 17.7 Å². The lowest BCUT2D eigenvalue weighted by Crippen LogP contribution is -2.28. The number of nitrogens with one attached hydrogen (secondary N) is 2. The first-order chi connectivity index (χ1) is 8.13. The second-order valence-electron chi connectivity index (χ2n) is 4.08. The number of fused-ring (bicyclic) bond motifs is 1. The number of halogens is 2. The molecule has 0 saturated heterocycles. The zero-order valence-electron chi connectivity index (χ0n) is 9.52. The molecule has 0 aliphatic carbocycles. The average molecular weight is 240 g/mol. The lowest BCUT2D eigenvalue weighted by Gasteiger charge is -2.10. The second kappa shape index (κ2) is 4.79. The fourth-order valence-corrected chi connectivity index (χ4v) is 1.92. The third-order valence-electron chi connectivity index (χ3n) is 2.79. The van der Waals surface area contributed by atoms with Gasteiger partial charge in [-0.05, 0) is 19.0 Å². The van der Waals surface area contributed by atoms with E-state index in [1.165, 1.54) is 6.07 Å². The number of carbonyl (C=O) groups is 1. The van der Waals surface area contributed by atoms with Crippen LogP contribution in [0.15, 0.2) is 12.1 Å². The van der Waals surface area contributed by atoms with Crippen molar-refractivity contribution < 1.29 is 13.6 Å². The van der Waals surface area contributed by atoms with Gasteiger partial charge in [0.15, 0.2) is 0 Å². The molecule has 0 fully saturated rings. The van der Waals surface area contributed by atoms with Crippen molar-refractivity contribution in [2.45, 2.75) is 25.8 Å². The Labute approximate surface area is 98.2 Å². The summed E-state index contributed by atoms with van der Waals surface area (Å²) in [5.74, 6) is -1.73. The summed E-state index contributed by atoms with van der Waals surface area (Å²) in [5, 5.41) is 5.42. The molecule has 5 heteroatoms. The van der Waals surface area contributed by atoms with Gasteiger partial charge >= 0.3 is 0 Å². The van der Waals surface area contributed by atoms with Crippen molar-refractivity contribution in [2.75, 3.05) is 11.9 Å². The minimum atomic E-state index is -0.729. The van der Waals surface area contributed by atoms with Gasteiger partial charge < -0.3 is 10.6 Å². The van der Waals surface area contributed by atoms with Crippen LogP contribution in [-0.4, -0.2) is 12.5 Å². The van der Waals surface area contributed by atoms with Crippen LogP contribution in [0.1, 0.15) is 31.4 Å². The molecule has 2 N–H and O–H groups in total. The maximum Gasteiger partial charge on any atom is 0.246 e. The number of carbonyl (C=O) groups excluding carboxylic acids is 1. The monoisotopic (exact) mass is 240 g/mol. The van der Waals surface area contributed by atoms with Crippen molar-refractivity contribution in [2.24, 2.45) is 0 Å². The molecular weight excluding hydrogens is 226 g/mol. The predicted molar refractivity (Wildman–Crippen MR) is 60.6 cm³/mol. The van der Waals surface area contributed by atoms with Gasteiger partial charge in [-0.3, -0.25) is 4.79 Å². The highest BCUT2D eigenvalue weighted by Crippen LogP contribution is 2.33. The third-order valence-corrected chi connectivity index (χ3v) is 2.79. The summed E-state index contributed by atoms with van der Waals surface area (Å²) in [5.41, 5.74) is 0.439. The van der Waals surface area contributed by atoms with E-state index in [0.29, 0.717) is 12.1 Å². The van der Waals surface area contributed by atoms with E-state index in [2.05, 4.69) is 10.6 Å². The Balaban J connectivity index is 2.23. The molecule has 1 atom stereocenters. The van der Waals surface area contributed by atoms with Crippen molar-refractivity contribution in [3.05, 3.63) is 29.3 Å². The molecule has 0 radical (unpaired) electrons. The molecule has 1 aliphatic heterocycles. The van der Waals surface area contributed by atoms with Gasteiger partial charge in [-0.15, -0.1) is 0 Å². The summed E-state index contributed by atoms with van der Waals surface area (Å²) in [7, 11) is 0. The molecule has 92 valence electrons. The van der Waals surface area contributed by atoms with Crippen molar-refractivity contribution in [1.29, 1.82) is 0 Å². The molecular formula is C12H14F2N2O. The normalized spacial score (nSPS) is 18.1. The minimum absolute atomic E-state index is 0.0883. The fraction of sp³-hybridized carbons (Fsp3) is 0.417. The van der Waals surface area contributed by atoms with Gasteiger partial charge in [-0.1, -0.05) is 13.3 Å². The number of benzene rings is 1. The highest BCUT2D eigenvalue weighted by molar-refractivity contribution is 6.02. The van der Waals surface area contributed by atoms with E-state index in [-0.39, 0.29) is 11.6 Å². The van der Waals surface area contributed by atoms with Crippen molar-refractivity contribution in [3.8, 4) is 0 Å². The Hall–Kier alpha value is -1.49. The standard InChI is InChI=1S/C12H14F2N2O/c1-2-3-4-15-11-8-5-7(13)6-9(14)10(8)16-12(11)17/h5-6,11,15H,2-4H2,1H3,(H,16,17). The first-order valence-corrected chi connectivity index (χ1v) is 5.66. The van der Waals surface area contributed by atoms with E-state index in [0.717, 1.165) is 18.9 Å². The molecule has 1 heterocycles. The zero-order valence-corrected chi connectivity index (χ0v) is 9.52. The van der Waals surface area contributed by atoms with Crippen LogP contribution in [0, 0.1) is 11.6 Å². The highest BCUT2D eigenvalue weighted by atomic mass is 19.1. The number of hydrogen-bond donors (Lipinski definition) is 2. The van der Waals surface area contributed by atoms with Crippen LogP contribution < -0.4 is 10.6 Å². The molecule has 1 amide bonds. The molecule has 3 nitrogen and oxygen atoms in total. The van der Waals surface area contributed by atoms with Gasteiger partial charge in [0, 0.05) is 11.6 Å². The highest BCUT2D eigenvalue weighted by Gasteiger charge is 2.32. The Kier molecular flexibility index (Phi) is 3.38. The third kappa shape index (κ3) is 2.29. The van der Waals surface area contributed by atoms with Crippen molar-refractivity contribution in [3.63, 3.8) is 0 Å². The topological polar surface area (TPSA) is 41.1 Å². The molecule has 0 aromatic heterocycles. The van der Waals surface area contributed by atoms with Gasteiger partial charge in [0.05, 0.1) is 5.69 Å². The average Bonchev–Trinajstić information content (AvgIpc) is 2.57. The first-order valence-electron chi connectivity index (χ1n) is 5.66. The van der Waals surface area contributed by atoms with E-state index in [9.17, 15) is 13.6 Å². The number of amides is 1. The number of hydrogen-bond acceptors (Lipinski definition) is 2. The van der Waals surface area contributed by atoms with Gasteiger partial charge in [0.25, 0.3) is 0 Å². The molecule has 17 heavy (non-hydrogen) atoms. The minimum Gasteiger partial charge on any atom is -0.322 e. The molecule has 0 spiro atoms. The fourth-order valence-electron chi connectivity index (χ4n) is 1.92. The lowest BCUT2D eigenvalue weighted by molar-refractivity contribution is -0.117. The largest absolute Gasteiger partial charge is 0.322 e. The maximum atomic E-state index is 13.4. The van der Waals surface area contributed by atoms with Gasteiger partial charge in [-0.25, -0.2) is 8.78 Å². The molecule has 1 unspecified atom stereocenters. The van der Waals surface area contributed by atoms with Crippen LogP contribution in [0.3, 0.4) is 0 Å². The van der Waals surface area contributed by atoms with Crippen LogP contribution in [0.2, 0.25) is 0 Å². The summed E-state index contributed by atoms with van der Waals surface area (Å²) in [6.45, 7) is 2.68. The number of unbranched alkanes of at least 4 members (excludes halogenated alkanes) is 1. The molecule has 1 aromatic carbocycles. The maximum absolute atomic E-state index is 13.4. The van der Waals surface area contributed by atoms with Crippen LogP contribution in [0.5, 0.6) is 0 Å². The van der Waals surface area contributed by atoms with E-state index >= 15 is 0 Å². The zero-order chi connectivity index (χ0) is 12.4. The quantitative estimate of drug-likeness (QED) is 0.793. The van der Waals surface area contributed by atoms with Crippen molar-refractivity contribution >= 4 is 11.6 Å². The molecule has 0 saturated carbocycles. The van der Waals surface area contributed by atoms with Crippen LogP contribution in [-0.2, 0) is 4.79 Å². The smallest absolute Gasteiger partial charge is 0.246 e. The lowest BCUT2D eigenvalue weighted by atomic mass is 10.1. The SMILES string of the molecule is CCCCNC1C(=O)Nc2c(F)cc(F)cc21. The van der Waals surface area contributed by atoms with Crippen LogP contribution >= 0.6 is 0 Å². The molecule has 0 bridgehead atoms. The summed E-state index contributed by atoms with van der Waals surface area (Å²) < 4.78 is 26.5. The number of anilines is 1. The summed E-state index contributed by atoms with van der Waals surface area (Å²) in [6, 6.07) is 1.31. The molecule has 1 aliphatic rings. The Bertz CT molecular complexity index is 448. The van der Waals surface area contributed by atoms with Crippen molar-refractivity contribution in [1.82, 2.24) is 5.32 Å². The Morgan fingerprint density at radius 1 is 1.41 bits per heavy atom. The molecule has 2 rings (SSSR count). The van der Waals surface area contributed by atoms with Crippen LogP contribution in [0.25, 0.3) is 0 Å².